The molecule has 88 valence electrons. The lowest BCUT2D eigenvalue weighted by Gasteiger charge is -2.20. The number of nitrogens with one attached hydrogen (secondary N) is 1. The first-order valence-electron chi connectivity index (χ1n) is 5.70. The van der Waals surface area contributed by atoms with Crippen LogP contribution in [0, 0.1) is 0 Å². The second-order valence-electron chi connectivity index (χ2n) is 4.07. The zero-order valence-electron chi connectivity index (χ0n) is 9.02. The highest BCUT2D eigenvalue weighted by Gasteiger charge is 2.26. The van der Waals surface area contributed by atoms with E-state index in [0.717, 1.165) is 31.3 Å². The van der Waals surface area contributed by atoms with Crippen molar-refractivity contribution in [3.63, 3.8) is 0 Å². The number of hydrogen-bond donors (Lipinski definition) is 1. The third kappa shape index (κ3) is 2.09. The van der Waals surface area contributed by atoms with Crippen LogP contribution in [0.3, 0.4) is 0 Å². The van der Waals surface area contributed by atoms with Crippen LogP contribution in [0.2, 0.25) is 0 Å². The van der Waals surface area contributed by atoms with Gasteiger partial charge in [-0.3, -0.25) is 0 Å². The summed E-state index contributed by atoms with van der Waals surface area (Å²) in [7, 11) is 0. The van der Waals surface area contributed by atoms with Gasteiger partial charge in [-0.1, -0.05) is 5.16 Å². The summed E-state index contributed by atoms with van der Waals surface area (Å²) < 4.78 is 10.7. The van der Waals surface area contributed by atoms with Gasteiger partial charge >= 0.3 is 0 Å². The first kappa shape index (κ1) is 10.6. The molecule has 1 aromatic rings. The van der Waals surface area contributed by atoms with Crippen LogP contribution in [0.4, 0.5) is 0 Å². The number of rotatable bonds is 2. The highest BCUT2D eigenvalue weighted by atomic mass is 32.2. The third-order valence-electron chi connectivity index (χ3n) is 2.90. The van der Waals surface area contributed by atoms with E-state index in [0.29, 0.717) is 11.9 Å². The lowest BCUT2D eigenvalue weighted by Crippen LogP contribution is -2.35. The minimum atomic E-state index is 0.0950. The number of hydrogen-bond acceptors (Lipinski definition) is 6. The lowest BCUT2D eigenvalue weighted by molar-refractivity contribution is 0.0734. The van der Waals surface area contributed by atoms with Gasteiger partial charge in [-0.2, -0.15) is 4.98 Å². The molecule has 3 heterocycles. The molecule has 5 nitrogen and oxygen atoms in total. The summed E-state index contributed by atoms with van der Waals surface area (Å²) in [4.78, 5) is 4.47. The van der Waals surface area contributed by atoms with Crippen molar-refractivity contribution in [3.8, 4) is 0 Å². The van der Waals surface area contributed by atoms with Crippen LogP contribution < -0.4 is 5.32 Å². The molecule has 0 aromatic carbocycles. The van der Waals surface area contributed by atoms with Crippen molar-refractivity contribution >= 4 is 11.8 Å². The molecule has 2 atom stereocenters. The van der Waals surface area contributed by atoms with Crippen molar-refractivity contribution in [2.75, 3.05) is 25.5 Å². The fraction of sp³-hybridized carbons (Fsp3) is 0.800. The second-order valence-corrected chi connectivity index (χ2v) is 5.38. The summed E-state index contributed by atoms with van der Waals surface area (Å²) in [6.45, 7) is 2.25. The zero-order chi connectivity index (χ0) is 10.8. The molecular formula is C10H15N3O2S. The van der Waals surface area contributed by atoms with Crippen molar-refractivity contribution in [2.24, 2.45) is 0 Å². The molecule has 1 N–H and O–H groups in total. The van der Waals surface area contributed by atoms with Crippen LogP contribution in [-0.2, 0) is 4.74 Å². The molecule has 2 unspecified atom stereocenters. The van der Waals surface area contributed by atoms with Crippen LogP contribution >= 0.6 is 11.8 Å². The monoisotopic (exact) mass is 241 g/mol. The molecule has 0 spiro atoms. The number of aromatic nitrogens is 2. The Labute approximate surface area is 98.3 Å². The van der Waals surface area contributed by atoms with E-state index in [1.165, 1.54) is 12.2 Å². The van der Waals surface area contributed by atoms with E-state index in [1.54, 1.807) is 0 Å². The Balaban J connectivity index is 1.71. The van der Waals surface area contributed by atoms with Crippen LogP contribution in [0.15, 0.2) is 4.52 Å². The zero-order valence-corrected chi connectivity index (χ0v) is 9.83. The summed E-state index contributed by atoms with van der Waals surface area (Å²) in [5, 5.41) is 7.77. The maximum Gasteiger partial charge on any atom is 0.239 e. The molecule has 0 aliphatic carbocycles. The van der Waals surface area contributed by atoms with E-state index >= 15 is 0 Å². The van der Waals surface area contributed by atoms with E-state index in [9.17, 15) is 0 Å². The summed E-state index contributed by atoms with van der Waals surface area (Å²) >= 11 is 1.91. The van der Waals surface area contributed by atoms with Crippen LogP contribution in [0.25, 0.3) is 0 Å². The van der Waals surface area contributed by atoms with E-state index < -0.39 is 0 Å². The molecule has 2 aliphatic heterocycles. The fourth-order valence-electron chi connectivity index (χ4n) is 2.02. The predicted molar refractivity (Wildman–Crippen MR) is 60.3 cm³/mol. The van der Waals surface area contributed by atoms with Gasteiger partial charge in [-0.15, -0.1) is 11.8 Å². The molecule has 0 radical (unpaired) electrons. The number of ether oxygens (including phenoxy) is 1. The van der Waals surface area contributed by atoms with Crippen LogP contribution in [0.1, 0.15) is 35.8 Å². The molecular weight excluding hydrogens is 226 g/mol. The van der Waals surface area contributed by atoms with Gasteiger partial charge in [0, 0.05) is 6.54 Å². The Hall–Kier alpha value is -0.590. The van der Waals surface area contributed by atoms with E-state index in [2.05, 4.69) is 15.5 Å². The largest absolute Gasteiger partial charge is 0.378 e. The smallest absolute Gasteiger partial charge is 0.239 e. The van der Waals surface area contributed by atoms with Crippen LogP contribution in [0.5, 0.6) is 0 Å². The van der Waals surface area contributed by atoms with Gasteiger partial charge in [0.1, 0.15) is 0 Å². The molecule has 2 saturated heterocycles. The van der Waals surface area contributed by atoms with Gasteiger partial charge in [0.05, 0.1) is 24.5 Å². The molecule has 3 rings (SSSR count). The van der Waals surface area contributed by atoms with Crippen molar-refractivity contribution < 1.29 is 9.26 Å². The predicted octanol–water partition coefficient (Wildman–Crippen LogP) is 1.30. The number of nitrogens with zero attached hydrogens (tertiary/aromatic N) is 2. The maximum absolute atomic E-state index is 5.38. The minimum absolute atomic E-state index is 0.0950. The molecule has 0 amide bonds. The van der Waals surface area contributed by atoms with Crippen molar-refractivity contribution in [1.29, 1.82) is 0 Å². The average Bonchev–Trinajstić information content (AvgIpc) is 3.01. The molecule has 1 aromatic heterocycles. The SMILES string of the molecule is C1CSC(c2nc(C3COCCN3)no2)C1. The molecule has 2 fully saturated rings. The molecule has 0 bridgehead atoms. The Morgan fingerprint density at radius 3 is 3.19 bits per heavy atom. The molecule has 2 aliphatic rings. The minimum Gasteiger partial charge on any atom is -0.378 e. The standard InChI is InChI=1S/C10H15N3O2S/c1-2-8(16-5-1)10-12-9(13-15-10)7-6-14-4-3-11-7/h7-8,11H,1-6H2. The van der Waals surface area contributed by atoms with Gasteiger partial charge in [0.15, 0.2) is 5.82 Å². The van der Waals surface area contributed by atoms with Crippen molar-refractivity contribution in [1.82, 2.24) is 15.5 Å². The Morgan fingerprint density at radius 1 is 1.44 bits per heavy atom. The van der Waals surface area contributed by atoms with Crippen molar-refractivity contribution in [3.05, 3.63) is 11.7 Å². The highest BCUT2D eigenvalue weighted by molar-refractivity contribution is 7.99. The first-order chi connectivity index (χ1) is 7.93. The maximum atomic E-state index is 5.38. The fourth-order valence-corrected chi connectivity index (χ4v) is 3.21. The van der Waals surface area contributed by atoms with E-state index in [1.807, 2.05) is 11.8 Å². The summed E-state index contributed by atoms with van der Waals surface area (Å²) in [5.41, 5.74) is 0. The Morgan fingerprint density at radius 2 is 2.44 bits per heavy atom. The molecule has 16 heavy (non-hydrogen) atoms. The Bertz CT molecular complexity index is 346. The molecule has 6 heteroatoms. The first-order valence-corrected chi connectivity index (χ1v) is 6.74. The summed E-state index contributed by atoms with van der Waals surface area (Å²) in [5.74, 6) is 2.72. The van der Waals surface area contributed by atoms with Gasteiger partial charge in [-0.05, 0) is 18.6 Å². The van der Waals surface area contributed by atoms with Gasteiger partial charge in [0.2, 0.25) is 5.89 Å². The van der Waals surface area contributed by atoms with E-state index in [-0.39, 0.29) is 6.04 Å². The summed E-state index contributed by atoms with van der Waals surface area (Å²) in [6.07, 6.45) is 2.40. The number of thioether (sulfide) groups is 1. The van der Waals surface area contributed by atoms with Gasteiger partial charge in [0.25, 0.3) is 0 Å². The topological polar surface area (TPSA) is 60.2 Å². The highest BCUT2D eigenvalue weighted by Crippen LogP contribution is 2.39. The van der Waals surface area contributed by atoms with Crippen molar-refractivity contribution in [2.45, 2.75) is 24.1 Å². The number of morpholine rings is 1. The quantitative estimate of drug-likeness (QED) is 0.842. The lowest BCUT2D eigenvalue weighted by atomic mass is 10.2. The normalized spacial score (nSPS) is 30.8. The second kappa shape index (κ2) is 4.73. The molecule has 0 saturated carbocycles. The Kier molecular flexibility index (Phi) is 3.12. The average molecular weight is 241 g/mol. The van der Waals surface area contributed by atoms with E-state index in [4.69, 9.17) is 9.26 Å². The summed E-state index contributed by atoms with van der Waals surface area (Å²) in [6, 6.07) is 0.0950. The van der Waals surface area contributed by atoms with Gasteiger partial charge in [-0.25, -0.2) is 0 Å². The van der Waals surface area contributed by atoms with Crippen LogP contribution in [-0.4, -0.2) is 35.7 Å². The third-order valence-corrected chi connectivity index (χ3v) is 4.26. The van der Waals surface area contributed by atoms with Gasteiger partial charge < -0.3 is 14.6 Å².